The van der Waals surface area contributed by atoms with Gasteiger partial charge in [0.2, 0.25) is 0 Å². The highest BCUT2D eigenvalue weighted by atomic mass is 16.5. The first-order chi connectivity index (χ1) is 13.8. The van der Waals surface area contributed by atoms with Gasteiger partial charge >= 0.3 is 0 Å². The van der Waals surface area contributed by atoms with Gasteiger partial charge in [0.25, 0.3) is 0 Å². The molecule has 0 aromatic heterocycles. The van der Waals surface area contributed by atoms with E-state index in [9.17, 15) is 10.2 Å². The molecule has 1 aromatic carbocycles. The van der Waals surface area contributed by atoms with Gasteiger partial charge < -0.3 is 20.7 Å². The Bertz CT molecular complexity index is 703. The second-order valence-corrected chi connectivity index (χ2v) is 10.7. The number of aliphatic hydroxyl groups excluding tert-OH is 1. The van der Waals surface area contributed by atoms with Crippen LogP contribution in [0, 0.1) is 17.8 Å². The van der Waals surface area contributed by atoms with Crippen LogP contribution < -0.4 is 5.73 Å². The van der Waals surface area contributed by atoms with Crippen molar-refractivity contribution in [1.29, 1.82) is 0 Å². The Morgan fingerprint density at radius 1 is 1.14 bits per heavy atom. The molecule has 2 bridgehead atoms. The monoisotopic (exact) mass is 401 g/mol. The lowest BCUT2D eigenvalue weighted by atomic mass is 9.53. The lowest BCUT2D eigenvalue weighted by molar-refractivity contribution is -0.287. The standard InChI is InChI=1S/C25H39NO3/c1-23(2)22-11-13-25(29-23,17-24(22,26)12-4-14-27)20-6-3-5-19(16-20)15-18-7-9-21(28)10-8-18/h7-10,19-20,22,27-28H,3-6,11-17,26H2,1-2H3/t19-,20-,22-,24-,25+/m1/s1. The van der Waals surface area contributed by atoms with Crippen LogP contribution in [-0.4, -0.2) is 33.6 Å². The molecule has 2 saturated carbocycles. The summed E-state index contributed by atoms with van der Waals surface area (Å²) in [6, 6.07) is 7.71. The second-order valence-electron chi connectivity index (χ2n) is 10.7. The van der Waals surface area contributed by atoms with Crippen molar-refractivity contribution in [2.24, 2.45) is 23.5 Å². The molecule has 0 radical (unpaired) electrons. The Hall–Kier alpha value is -1.10. The van der Waals surface area contributed by atoms with Gasteiger partial charge in [-0.2, -0.15) is 0 Å². The maximum absolute atomic E-state index is 9.56. The molecule has 4 nitrogen and oxygen atoms in total. The van der Waals surface area contributed by atoms with Crippen LogP contribution in [0.15, 0.2) is 24.3 Å². The van der Waals surface area contributed by atoms with Gasteiger partial charge in [0.1, 0.15) is 5.75 Å². The third kappa shape index (κ3) is 4.08. The quantitative estimate of drug-likeness (QED) is 0.653. The number of phenolic OH excluding ortho intramolecular Hbond substituents is 1. The van der Waals surface area contributed by atoms with E-state index in [1.54, 1.807) is 12.1 Å². The fourth-order valence-corrected chi connectivity index (χ4v) is 7.19. The summed E-state index contributed by atoms with van der Waals surface area (Å²) in [4.78, 5) is 0. The number of aromatic hydroxyl groups is 1. The van der Waals surface area contributed by atoms with Gasteiger partial charge in [-0.3, -0.25) is 0 Å². The molecule has 5 atom stereocenters. The zero-order valence-corrected chi connectivity index (χ0v) is 18.2. The summed E-state index contributed by atoms with van der Waals surface area (Å²) in [6.07, 6.45) is 11.0. The van der Waals surface area contributed by atoms with E-state index >= 15 is 0 Å². The van der Waals surface area contributed by atoms with Crippen molar-refractivity contribution in [3.8, 4) is 5.75 Å². The summed E-state index contributed by atoms with van der Waals surface area (Å²) < 4.78 is 6.91. The topological polar surface area (TPSA) is 75.7 Å². The van der Waals surface area contributed by atoms with Crippen LogP contribution in [0.4, 0.5) is 0 Å². The molecular formula is C25H39NO3. The highest BCUT2D eigenvalue weighted by Gasteiger charge is 2.62. The molecule has 4 fully saturated rings. The summed E-state index contributed by atoms with van der Waals surface area (Å²) in [5.74, 6) is 1.95. The molecule has 2 heterocycles. The predicted molar refractivity (Wildman–Crippen MR) is 116 cm³/mol. The van der Waals surface area contributed by atoms with Crippen molar-refractivity contribution in [3.05, 3.63) is 29.8 Å². The molecular weight excluding hydrogens is 362 g/mol. The van der Waals surface area contributed by atoms with Crippen molar-refractivity contribution in [2.75, 3.05) is 6.61 Å². The van der Waals surface area contributed by atoms with Gasteiger partial charge in [0, 0.05) is 18.1 Å². The lowest BCUT2D eigenvalue weighted by Crippen LogP contribution is -2.72. The summed E-state index contributed by atoms with van der Waals surface area (Å²) in [5, 5.41) is 19.0. The minimum Gasteiger partial charge on any atom is -0.508 e. The van der Waals surface area contributed by atoms with Crippen LogP contribution in [-0.2, 0) is 11.2 Å². The Kier molecular flexibility index (Phi) is 5.73. The minimum absolute atomic E-state index is 0.101. The first-order valence-electron chi connectivity index (χ1n) is 11.6. The lowest BCUT2D eigenvalue weighted by Gasteiger charge is -2.65. The van der Waals surface area contributed by atoms with E-state index in [2.05, 4.69) is 26.0 Å². The maximum Gasteiger partial charge on any atom is 0.115 e. The van der Waals surface area contributed by atoms with Gasteiger partial charge in [-0.05, 0) is 94.7 Å². The Balaban J connectivity index is 1.51. The molecule has 0 unspecified atom stereocenters. The van der Waals surface area contributed by atoms with Crippen LogP contribution in [0.5, 0.6) is 5.75 Å². The summed E-state index contributed by atoms with van der Waals surface area (Å²) in [5.41, 5.74) is 7.86. The van der Waals surface area contributed by atoms with Crippen LogP contribution in [0.2, 0.25) is 0 Å². The molecule has 0 amide bonds. The summed E-state index contributed by atoms with van der Waals surface area (Å²) in [7, 11) is 0. The number of hydrogen-bond donors (Lipinski definition) is 3. The van der Waals surface area contributed by atoms with E-state index in [4.69, 9.17) is 10.5 Å². The molecule has 29 heavy (non-hydrogen) atoms. The van der Waals surface area contributed by atoms with Crippen molar-refractivity contribution in [2.45, 2.75) is 94.8 Å². The number of ether oxygens (including phenoxy) is 1. The molecule has 162 valence electrons. The zero-order valence-electron chi connectivity index (χ0n) is 18.2. The highest BCUT2D eigenvalue weighted by molar-refractivity contribution is 5.26. The summed E-state index contributed by atoms with van der Waals surface area (Å²) >= 11 is 0. The van der Waals surface area contributed by atoms with Crippen molar-refractivity contribution in [3.63, 3.8) is 0 Å². The molecule has 4 N–H and O–H groups in total. The van der Waals surface area contributed by atoms with Crippen molar-refractivity contribution >= 4 is 0 Å². The van der Waals surface area contributed by atoms with Crippen LogP contribution >= 0.6 is 0 Å². The highest BCUT2D eigenvalue weighted by Crippen LogP contribution is 2.59. The number of hydrogen-bond acceptors (Lipinski definition) is 4. The minimum atomic E-state index is -0.216. The van der Waals surface area contributed by atoms with E-state index in [1.807, 2.05) is 0 Å². The largest absolute Gasteiger partial charge is 0.508 e. The number of aliphatic hydroxyl groups is 1. The van der Waals surface area contributed by atoms with E-state index in [0.717, 1.165) is 38.5 Å². The molecule has 1 aromatic rings. The van der Waals surface area contributed by atoms with E-state index in [0.29, 0.717) is 23.5 Å². The van der Waals surface area contributed by atoms with Crippen LogP contribution in [0.25, 0.3) is 0 Å². The molecule has 0 spiro atoms. The van der Waals surface area contributed by atoms with Crippen molar-refractivity contribution in [1.82, 2.24) is 0 Å². The SMILES string of the molecule is CC1(C)O[C@@]2([C@@H]3CCC[C@H](Cc4ccc(O)cc4)C3)CC[C@H]1[C@@](N)(CCCO)C2. The smallest absolute Gasteiger partial charge is 0.115 e. The molecule has 2 aliphatic carbocycles. The normalized spacial score (nSPS) is 38.8. The average molecular weight is 402 g/mol. The molecule has 4 aliphatic rings. The second kappa shape index (κ2) is 7.86. The van der Waals surface area contributed by atoms with Gasteiger partial charge in [-0.1, -0.05) is 25.0 Å². The fourth-order valence-electron chi connectivity index (χ4n) is 7.19. The van der Waals surface area contributed by atoms with Gasteiger partial charge in [0.05, 0.1) is 11.2 Å². The zero-order chi connectivity index (χ0) is 20.7. The Morgan fingerprint density at radius 2 is 1.90 bits per heavy atom. The number of nitrogens with two attached hydrogens (primary N) is 1. The predicted octanol–water partition coefficient (Wildman–Crippen LogP) is 4.56. The maximum atomic E-state index is 9.56. The third-order valence-corrected chi connectivity index (χ3v) is 8.27. The molecule has 2 saturated heterocycles. The molecule has 4 heteroatoms. The van der Waals surface area contributed by atoms with E-state index in [-0.39, 0.29) is 23.3 Å². The summed E-state index contributed by atoms with van der Waals surface area (Å²) in [6.45, 7) is 4.70. The first kappa shape index (κ1) is 21.1. The Morgan fingerprint density at radius 3 is 2.59 bits per heavy atom. The number of phenols is 1. The van der Waals surface area contributed by atoms with Crippen LogP contribution in [0.1, 0.15) is 77.2 Å². The van der Waals surface area contributed by atoms with Gasteiger partial charge in [-0.25, -0.2) is 0 Å². The van der Waals surface area contributed by atoms with Gasteiger partial charge in [-0.15, -0.1) is 0 Å². The number of fused-ring (bicyclic) bond motifs is 3. The molecule has 2 aliphatic heterocycles. The number of benzene rings is 1. The van der Waals surface area contributed by atoms with Gasteiger partial charge in [0.15, 0.2) is 0 Å². The average Bonchev–Trinajstić information content (AvgIpc) is 2.68. The number of rotatable bonds is 6. The Labute approximate surface area is 175 Å². The van der Waals surface area contributed by atoms with Crippen molar-refractivity contribution < 1.29 is 14.9 Å². The van der Waals surface area contributed by atoms with E-state index in [1.165, 1.54) is 31.2 Å². The third-order valence-electron chi connectivity index (χ3n) is 8.27. The fraction of sp³-hybridized carbons (Fsp3) is 0.760. The first-order valence-corrected chi connectivity index (χ1v) is 11.6. The van der Waals surface area contributed by atoms with Crippen LogP contribution in [0.3, 0.4) is 0 Å². The molecule has 5 rings (SSSR count). The van der Waals surface area contributed by atoms with E-state index < -0.39 is 0 Å².